The molecular weight excluding hydrogens is 253 g/mol. The van der Waals surface area contributed by atoms with Crippen molar-refractivity contribution in [3.8, 4) is 0 Å². The van der Waals surface area contributed by atoms with Gasteiger partial charge in [-0.1, -0.05) is 0 Å². The van der Waals surface area contributed by atoms with E-state index in [1.165, 1.54) is 0 Å². The molecule has 9 heavy (non-hydrogen) atoms. The van der Waals surface area contributed by atoms with E-state index in [1.807, 2.05) is 30.3 Å². The van der Waals surface area contributed by atoms with E-state index in [4.69, 9.17) is 9.69 Å². The molecule has 0 nitrogen and oxygen atoms in total. The normalized spacial score (nSPS) is 6.44. The van der Waals surface area contributed by atoms with Crippen LogP contribution in [-0.2, 0) is 14.2 Å². The van der Waals surface area contributed by atoms with Crippen LogP contribution in [0, 0.1) is 6.07 Å². The third-order valence-corrected chi connectivity index (χ3v) is 0.607. The minimum Gasteiger partial charge on any atom is -0.184 e. The van der Waals surface area contributed by atoms with Crippen LogP contribution in [0.1, 0.15) is 0 Å². The van der Waals surface area contributed by atoms with Crippen molar-refractivity contribution in [2.45, 2.75) is 0 Å². The third kappa shape index (κ3) is 8.61. The molecule has 0 amide bonds. The van der Waals surface area contributed by atoms with Gasteiger partial charge in [-0.05, 0) is 0 Å². The Morgan fingerprint density at radius 1 is 1.22 bits per heavy atom. The fourth-order valence-electron chi connectivity index (χ4n) is 0.342. The van der Waals surface area contributed by atoms with Gasteiger partial charge in [0, 0.05) is 0 Å². The Kier molecular flexibility index (Phi) is 9.20. The van der Waals surface area contributed by atoms with Gasteiger partial charge < -0.3 is 0 Å². The minimum atomic E-state index is -0.590. The first-order valence-electron chi connectivity index (χ1n) is 2.45. The van der Waals surface area contributed by atoms with Crippen molar-refractivity contribution in [2.75, 3.05) is 0 Å². The first-order chi connectivity index (χ1) is 4.41. The van der Waals surface area contributed by atoms with Crippen molar-refractivity contribution in [1.82, 2.24) is 0 Å². The minimum absolute atomic E-state index is 0.590. The van der Waals surface area contributed by atoms with E-state index in [0.29, 0.717) is 0 Å². The largest absolute Gasteiger partial charge is 0.184 e. The molecule has 0 saturated heterocycles. The van der Waals surface area contributed by atoms with Crippen LogP contribution >= 0.6 is 23.3 Å². The first kappa shape index (κ1) is 9.61. The molecule has 0 heterocycles. The first-order valence-corrected chi connectivity index (χ1v) is 13.3. The van der Waals surface area contributed by atoms with Gasteiger partial charge >= 0.3 is 37.5 Å². The van der Waals surface area contributed by atoms with Crippen molar-refractivity contribution < 1.29 is 14.2 Å². The number of halogens is 2. The fraction of sp³-hybridized carbons (Fsp3) is 0. The predicted octanol–water partition coefficient (Wildman–Crippen LogP) is 3.02. The molecule has 0 atom stereocenters. The molecule has 1 rings (SSSR count). The Morgan fingerprint density at radius 2 is 1.67 bits per heavy atom. The topological polar surface area (TPSA) is 0 Å². The predicted molar refractivity (Wildman–Crippen MR) is 40.1 cm³/mol. The molecule has 0 radical (unpaired) electrons. The Hall–Kier alpha value is 0.613. The molecule has 0 aliphatic carbocycles. The van der Waals surface area contributed by atoms with E-state index in [1.54, 1.807) is 0 Å². The summed E-state index contributed by atoms with van der Waals surface area (Å²) in [5.74, 6) is 0. The van der Waals surface area contributed by atoms with E-state index in [0.717, 1.165) is 0 Å². The van der Waals surface area contributed by atoms with Crippen molar-refractivity contribution in [3.05, 3.63) is 36.4 Å². The summed E-state index contributed by atoms with van der Waals surface area (Å²) in [6.07, 6.45) is 0. The van der Waals surface area contributed by atoms with Gasteiger partial charge in [0.15, 0.2) is 0 Å². The maximum Gasteiger partial charge on any atom is -0.171 e. The zero-order valence-electron chi connectivity index (χ0n) is 4.85. The quantitative estimate of drug-likeness (QED) is 0.495. The van der Waals surface area contributed by atoms with Gasteiger partial charge in [-0.3, -0.25) is 0 Å². The molecular formula is C6H5BrClZn-. The second kappa shape index (κ2) is 8.61. The van der Waals surface area contributed by atoms with Crippen LogP contribution in [0.5, 0.6) is 0 Å². The van der Waals surface area contributed by atoms with Crippen molar-refractivity contribution in [2.24, 2.45) is 0 Å². The van der Waals surface area contributed by atoms with Crippen LogP contribution in [0.25, 0.3) is 0 Å². The smallest absolute Gasteiger partial charge is 0.171 e. The molecule has 46 valence electrons. The molecule has 1 aromatic rings. The van der Waals surface area contributed by atoms with Crippen LogP contribution in [0.3, 0.4) is 0 Å². The zero-order chi connectivity index (χ0) is 6.95. The summed E-state index contributed by atoms with van der Waals surface area (Å²) in [7, 11) is 5.10. The molecule has 1 aromatic carbocycles. The van der Waals surface area contributed by atoms with Crippen LogP contribution < -0.4 is 0 Å². The van der Waals surface area contributed by atoms with Gasteiger partial charge in [-0.25, -0.2) is 0 Å². The summed E-state index contributed by atoms with van der Waals surface area (Å²) >= 11 is 2.51. The van der Waals surface area contributed by atoms with Gasteiger partial charge in [0.05, 0.1) is 0 Å². The summed E-state index contributed by atoms with van der Waals surface area (Å²) < 4.78 is 0. The average molecular weight is 258 g/mol. The maximum atomic E-state index is 5.10. The van der Waals surface area contributed by atoms with Crippen molar-refractivity contribution in [1.29, 1.82) is 0 Å². The fourth-order valence-corrected chi connectivity index (χ4v) is 0.342. The summed E-state index contributed by atoms with van der Waals surface area (Å²) in [5, 5.41) is 0. The molecule has 0 N–H and O–H groups in total. The molecule has 0 bridgehead atoms. The van der Waals surface area contributed by atoms with E-state index in [-0.39, 0.29) is 0 Å². The second-order valence-electron chi connectivity index (χ2n) is 1.18. The Morgan fingerprint density at radius 3 is 1.78 bits per heavy atom. The Labute approximate surface area is 73.6 Å². The van der Waals surface area contributed by atoms with Crippen LogP contribution in [0.2, 0.25) is 0 Å². The van der Waals surface area contributed by atoms with Gasteiger partial charge in [-0.15, -0.1) is 0 Å². The van der Waals surface area contributed by atoms with Crippen LogP contribution in [-0.4, -0.2) is 0 Å². The van der Waals surface area contributed by atoms with Gasteiger partial charge in [0.2, 0.25) is 0 Å². The molecule has 0 aliphatic rings. The van der Waals surface area contributed by atoms with E-state index in [2.05, 4.69) is 19.7 Å². The Bertz CT molecular complexity index is 95.9. The number of hydrogen-bond acceptors (Lipinski definition) is 0. The summed E-state index contributed by atoms with van der Waals surface area (Å²) in [6.45, 7) is 0. The van der Waals surface area contributed by atoms with Crippen LogP contribution in [0.15, 0.2) is 30.3 Å². The zero-order valence-corrected chi connectivity index (χ0v) is 10.2. The standard InChI is InChI=1S/C6H5.BrH.ClH.Zn/c1-2-4-6-5-3-1;;;/h1-5H;2*1H;/q-1;;;+2/p-2. The van der Waals surface area contributed by atoms with Crippen molar-refractivity contribution >= 4 is 23.3 Å². The Balaban J connectivity index is 0.000000187. The van der Waals surface area contributed by atoms with E-state index < -0.39 is 14.2 Å². The molecule has 0 spiro atoms. The molecule has 0 aromatic heterocycles. The van der Waals surface area contributed by atoms with E-state index >= 15 is 0 Å². The molecule has 0 fully saturated rings. The SMILES string of the molecule is [Cl][Zn][Br].[c-]1ccccc1. The van der Waals surface area contributed by atoms with Gasteiger partial charge in [0.1, 0.15) is 0 Å². The average Bonchev–Trinajstić information content (AvgIpc) is 1.93. The number of benzene rings is 1. The van der Waals surface area contributed by atoms with Crippen LogP contribution in [0.4, 0.5) is 0 Å². The number of rotatable bonds is 0. The third-order valence-electron chi connectivity index (χ3n) is 0.607. The molecule has 0 saturated carbocycles. The molecule has 0 aliphatic heterocycles. The summed E-state index contributed by atoms with van der Waals surface area (Å²) in [4.78, 5) is 0. The second-order valence-corrected chi connectivity index (χ2v) is 9.26. The summed E-state index contributed by atoms with van der Waals surface area (Å²) in [5.41, 5.74) is 0. The van der Waals surface area contributed by atoms with Crippen molar-refractivity contribution in [3.63, 3.8) is 0 Å². The van der Waals surface area contributed by atoms with Gasteiger partial charge in [0.25, 0.3) is 0 Å². The molecule has 3 heteroatoms. The number of hydrogen-bond donors (Lipinski definition) is 0. The summed E-state index contributed by atoms with van der Waals surface area (Å²) in [6, 6.07) is 12.5. The van der Waals surface area contributed by atoms with E-state index in [9.17, 15) is 0 Å². The monoisotopic (exact) mass is 255 g/mol. The maximum absolute atomic E-state index is 5.10. The molecule has 0 unspecified atom stereocenters. The van der Waals surface area contributed by atoms with Gasteiger partial charge in [-0.2, -0.15) is 36.4 Å².